The van der Waals surface area contributed by atoms with Crippen molar-refractivity contribution in [1.29, 1.82) is 0 Å². The van der Waals surface area contributed by atoms with Crippen LogP contribution in [0.1, 0.15) is 17.4 Å². The van der Waals surface area contributed by atoms with Crippen LogP contribution in [0.15, 0.2) is 71.0 Å². The summed E-state index contributed by atoms with van der Waals surface area (Å²) in [5.74, 6) is 1.12. The number of amides is 1. The Hall–Kier alpha value is -3.65. The molecule has 2 aromatic heterocycles. The van der Waals surface area contributed by atoms with Crippen molar-refractivity contribution in [3.8, 4) is 11.5 Å². The number of carbonyl (C=O) groups excluding carboxylic acids is 1. The zero-order valence-electron chi connectivity index (χ0n) is 18.6. The van der Waals surface area contributed by atoms with Gasteiger partial charge in [-0.2, -0.15) is 0 Å². The van der Waals surface area contributed by atoms with Gasteiger partial charge in [0, 0.05) is 18.0 Å². The molecule has 0 aliphatic rings. The lowest BCUT2D eigenvalue weighted by Crippen LogP contribution is -2.36. The molecule has 0 spiro atoms. The fourth-order valence-electron chi connectivity index (χ4n) is 3.58. The number of aromatic nitrogens is 2. The Labute approximate surface area is 195 Å². The van der Waals surface area contributed by atoms with Crippen LogP contribution in [0, 0.1) is 0 Å². The highest BCUT2D eigenvalue weighted by Gasteiger charge is 2.16. The third-order valence-electron chi connectivity index (χ3n) is 5.33. The lowest BCUT2D eigenvalue weighted by molar-refractivity contribution is -0.132. The number of hydrogen-bond donors (Lipinski definition) is 0. The van der Waals surface area contributed by atoms with Gasteiger partial charge >= 0.3 is 0 Å². The van der Waals surface area contributed by atoms with Crippen LogP contribution in [0.25, 0.3) is 11.0 Å². The standard InChI is InChI=1S/C25H25N3O4S/c1-3-27(25(30)16-28-21-9-5-4-8-20(21)26-14-24(28)29)15-18-10-11-22(23(13-18)31-2)32-17-19-7-6-12-33-19/h4-14H,3,15-17H2,1-2H3. The number of hydrogen-bond acceptors (Lipinski definition) is 6. The number of methoxy groups -OCH3 is 1. The maximum absolute atomic E-state index is 13.1. The highest BCUT2D eigenvalue weighted by Crippen LogP contribution is 2.29. The fourth-order valence-corrected chi connectivity index (χ4v) is 4.20. The van der Waals surface area contributed by atoms with Gasteiger partial charge in [0.15, 0.2) is 11.5 Å². The number of benzene rings is 2. The molecule has 4 aromatic rings. The van der Waals surface area contributed by atoms with Gasteiger partial charge < -0.3 is 14.4 Å². The van der Waals surface area contributed by atoms with Gasteiger partial charge in [-0.05, 0) is 48.2 Å². The number of para-hydroxylation sites is 2. The van der Waals surface area contributed by atoms with Gasteiger partial charge in [-0.3, -0.25) is 14.2 Å². The van der Waals surface area contributed by atoms with Crippen molar-refractivity contribution >= 4 is 28.3 Å². The quantitative estimate of drug-likeness (QED) is 0.374. The molecule has 0 N–H and O–H groups in total. The molecule has 0 aliphatic carbocycles. The predicted molar refractivity (Wildman–Crippen MR) is 129 cm³/mol. The van der Waals surface area contributed by atoms with Gasteiger partial charge in [0.25, 0.3) is 5.56 Å². The Morgan fingerprint density at radius 3 is 2.73 bits per heavy atom. The first-order valence-corrected chi connectivity index (χ1v) is 11.5. The number of nitrogens with zero attached hydrogens (tertiary/aromatic N) is 3. The molecule has 0 saturated carbocycles. The molecular formula is C25H25N3O4S. The topological polar surface area (TPSA) is 73.7 Å². The molecule has 0 saturated heterocycles. The minimum Gasteiger partial charge on any atom is -0.493 e. The Kier molecular flexibility index (Phi) is 7.04. The molecule has 2 heterocycles. The Bertz CT molecular complexity index is 1300. The van der Waals surface area contributed by atoms with Crippen LogP contribution in [0.4, 0.5) is 0 Å². The Balaban J connectivity index is 1.49. The van der Waals surface area contributed by atoms with Gasteiger partial charge in [-0.15, -0.1) is 11.3 Å². The van der Waals surface area contributed by atoms with E-state index in [1.807, 2.05) is 60.8 Å². The van der Waals surface area contributed by atoms with Crippen LogP contribution in [0.2, 0.25) is 0 Å². The molecule has 8 heteroatoms. The first kappa shape index (κ1) is 22.5. The predicted octanol–water partition coefficient (Wildman–Crippen LogP) is 4.09. The third-order valence-corrected chi connectivity index (χ3v) is 6.18. The van der Waals surface area contributed by atoms with E-state index in [2.05, 4.69) is 4.98 Å². The van der Waals surface area contributed by atoms with Crippen molar-refractivity contribution in [2.45, 2.75) is 26.6 Å². The molecule has 0 radical (unpaired) electrons. The molecule has 2 aromatic carbocycles. The van der Waals surface area contributed by atoms with E-state index >= 15 is 0 Å². The molecule has 7 nitrogen and oxygen atoms in total. The van der Waals surface area contributed by atoms with Gasteiger partial charge in [0.05, 0.1) is 24.3 Å². The van der Waals surface area contributed by atoms with Crippen molar-refractivity contribution in [1.82, 2.24) is 14.5 Å². The minimum absolute atomic E-state index is 0.0468. The zero-order valence-corrected chi connectivity index (χ0v) is 19.4. The van der Waals surface area contributed by atoms with Gasteiger partial charge in [-0.25, -0.2) is 4.98 Å². The smallest absolute Gasteiger partial charge is 0.269 e. The van der Waals surface area contributed by atoms with Crippen molar-refractivity contribution in [2.75, 3.05) is 13.7 Å². The van der Waals surface area contributed by atoms with E-state index in [1.54, 1.807) is 29.4 Å². The first-order valence-electron chi connectivity index (χ1n) is 10.6. The number of fused-ring (bicyclic) bond motifs is 1. The first-order chi connectivity index (χ1) is 16.1. The van der Waals surface area contributed by atoms with Crippen LogP contribution in [-0.4, -0.2) is 34.0 Å². The minimum atomic E-state index is -0.299. The molecule has 0 fully saturated rings. The molecule has 170 valence electrons. The lowest BCUT2D eigenvalue weighted by Gasteiger charge is -2.22. The van der Waals surface area contributed by atoms with Crippen molar-refractivity contribution in [3.63, 3.8) is 0 Å². The second-order valence-electron chi connectivity index (χ2n) is 7.43. The monoisotopic (exact) mass is 463 g/mol. The van der Waals surface area contributed by atoms with E-state index in [9.17, 15) is 9.59 Å². The molecule has 0 aliphatic heterocycles. The summed E-state index contributed by atoms with van der Waals surface area (Å²) in [5.41, 5.74) is 1.93. The van der Waals surface area contributed by atoms with Gasteiger partial charge in [0.1, 0.15) is 13.2 Å². The summed E-state index contributed by atoms with van der Waals surface area (Å²) in [6.07, 6.45) is 1.26. The van der Waals surface area contributed by atoms with Crippen molar-refractivity contribution < 1.29 is 14.3 Å². The van der Waals surface area contributed by atoms with Crippen LogP contribution >= 0.6 is 11.3 Å². The number of rotatable bonds is 9. The Morgan fingerprint density at radius 2 is 1.97 bits per heavy atom. The van der Waals surface area contributed by atoms with E-state index in [-0.39, 0.29) is 18.0 Å². The van der Waals surface area contributed by atoms with Crippen molar-refractivity contribution in [3.05, 3.63) is 87.0 Å². The normalized spacial score (nSPS) is 10.8. The zero-order chi connectivity index (χ0) is 23.2. The number of ether oxygens (including phenoxy) is 2. The SMILES string of the molecule is CCN(Cc1ccc(OCc2cccs2)c(OC)c1)C(=O)Cn1c(=O)cnc2ccccc21. The molecule has 1 amide bonds. The van der Waals surface area contributed by atoms with Crippen molar-refractivity contribution in [2.24, 2.45) is 0 Å². The second kappa shape index (κ2) is 10.3. The Morgan fingerprint density at radius 1 is 1.12 bits per heavy atom. The fraction of sp³-hybridized carbons (Fsp3) is 0.240. The second-order valence-corrected chi connectivity index (χ2v) is 8.46. The summed E-state index contributed by atoms with van der Waals surface area (Å²) in [6, 6.07) is 17.0. The summed E-state index contributed by atoms with van der Waals surface area (Å²) in [4.78, 5) is 32.5. The maximum atomic E-state index is 13.1. The van der Waals surface area contributed by atoms with Crippen LogP contribution in [0.5, 0.6) is 11.5 Å². The van der Waals surface area contributed by atoms with E-state index in [0.29, 0.717) is 42.2 Å². The maximum Gasteiger partial charge on any atom is 0.269 e. The molecule has 4 rings (SSSR count). The number of carbonyl (C=O) groups is 1. The molecule has 0 unspecified atom stereocenters. The largest absolute Gasteiger partial charge is 0.493 e. The average Bonchev–Trinajstić information content (AvgIpc) is 3.37. The highest BCUT2D eigenvalue weighted by molar-refractivity contribution is 7.09. The molecule has 33 heavy (non-hydrogen) atoms. The summed E-state index contributed by atoms with van der Waals surface area (Å²) in [7, 11) is 1.60. The lowest BCUT2D eigenvalue weighted by atomic mass is 10.2. The summed E-state index contributed by atoms with van der Waals surface area (Å²) >= 11 is 1.64. The van der Waals surface area contributed by atoms with Crippen LogP contribution < -0.4 is 15.0 Å². The third kappa shape index (κ3) is 5.23. The number of thiophene rings is 1. The van der Waals surface area contributed by atoms with Crippen LogP contribution in [0.3, 0.4) is 0 Å². The summed E-state index contributed by atoms with van der Waals surface area (Å²) in [5, 5.41) is 2.01. The van der Waals surface area contributed by atoms with E-state index in [1.165, 1.54) is 10.8 Å². The van der Waals surface area contributed by atoms with E-state index in [4.69, 9.17) is 9.47 Å². The molecule has 0 bridgehead atoms. The molecule has 0 atom stereocenters. The summed E-state index contributed by atoms with van der Waals surface area (Å²) in [6.45, 7) is 3.25. The summed E-state index contributed by atoms with van der Waals surface area (Å²) < 4.78 is 12.9. The van der Waals surface area contributed by atoms with Gasteiger partial charge in [-0.1, -0.05) is 24.3 Å². The van der Waals surface area contributed by atoms with E-state index in [0.717, 1.165) is 10.4 Å². The molecular weight excluding hydrogens is 438 g/mol. The average molecular weight is 464 g/mol. The number of likely N-dealkylation sites (N-methyl/N-ethyl adjacent to an activating group) is 1. The highest BCUT2D eigenvalue weighted by atomic mass is 32.1. The van der Waals surface area contributed by atoms with E-state index < -0.39 is 0 Å². The van der Waals surface area contributed by atoms with Crippen LogP contribution in [-0.2, 0) is 24.5 Å². The van der Waals surface area contributed by atoms with Gasteiger partial charge in [0.2, 0.25) is 5.91 Å².